The Morgan fingerprint density at radius 2 is 1.84 bits per heavy atom. The molecule has 31 heavy (non-hydrogen) atoms. The van der Waals surface area contributed by atoms with Gasteiger partial charge < -0.3 is 14.2 Å². The third-order valence-corrected chi connectivity index (χ3v) is 5.90. The number of aromatic nitrogens is 1. The Hall–Kier alpha value is -2.96. The SMILES string of the molecule is CCOC(=O)[C@@H]1CCCN(C(=O)c2c(C)c(C(C)=O)c(C)n2Cc2ccc(F)cc2)C1. The summed E-state index contributed by atoms with van der Waals surface area (Å²) < 4.78 is 20.3. The van der Waals surface area contributed by atoms with Crippen LogP contribution in [0.3, 0.4) is 0 Å². The number of rotatable bonds is 6. The van der Waals surface area contributed by atoms with Gasteiger partial charge in [0.2, 0.25) is 0 Å². The second-order valence-corrected chi connectivity index (χ2v) is 8.05. The molecule has 0 aliphatic carbocycles. The van der Waals surface area contributed by atoms with Gasteiger partial charge in [-0.15, -0.1) is 0 Å². The monoisotopic (exact) mass is 428 g/mol. The van der Waals surface area contributed by atoms with E-state index < -0.39 is 0 Å². The molecule has 1 aliphatic rings. The Balaban J connectivity index is 1.97. The lowest BCUT2D eigenvalue weighted by Gasteiger charge is -2.32. The number of hydrogen-bond acceptors (Lipinski definition) is 4. The van der Waals surface area contributed by atoms with Gasteiger partial charge in [-0.2, -0.15) is 0 Å². The summed E-state index contributed by atoms with van der Waals surface area (Å²) in [6, 6.07) is 6.10. The first-order valence-electron chi connectivity index (χ1n) is 10.7. The number of nitrogens with zero attached hydrogens (tertiary/aromatic N) is 2. The van der Waals surface area contributed by atoms with Crippen LogP contribution in [-0.4, -0.2) is 46.8 Å². The maximum Gasteiger partial charge on any atom is 0.310 e. The zero-order valence-electron chi connectivity index (χ0n) is 18.5. The van der Waals surface area contributed by atoms with Crippen molar-refractivity contribution in [3.63, 3.8) is 0 Å². The molecule has 1 aromatic heterocycles. The van der Waals surface area contributed by atoms with E-state index in [1.807, 2.05) is 11.5 Å². The molecule has 2 heterocycles. The van der Waals surface area contributed by atoms with Crippen molar-refractivity contribution in [1.29, 1.82) is 0 Å². The summed E-state index contributed by atoms with van der Waals surface area (Å²) in [6.07, 6.45) is 1.40. The van der Waals surface area contributed by atoms with Gasteiger partial charge in [0.1, 0.15) is 11.5 Å². The van der Waals surface area contributed by atoms with Crippen molar-refractivity contribution in [1.82, 2.24) is 9.47 Å². The first-order chi connectivity index (χ1) is 14.7. The maximum atomic E-state index is 13.6. The smallest absolute Gasteiger partial charge is 0.310 e. The Morgan fingerprint density at radius 3 is 2.45 bits per heavy atom. The molecule has 0 N–H and O–H groups in total. The normalized spacial score (nSPS) is 16.3. The number of ketones is 1. The molecule has 0 bridgehead atoms. The molecule has 0 saturated carbocycles. The first-order valence-corrected chi connectivity index (χ1v) is 10.7. The van der Waals surface area contributed by atoms with Gasteiger partial charge in [0, 0.05) is 30.9 Å². The molecule has 0 radical (unpaired) electrons. The van der Waals surface area contributed by atoms with E-state index in [1.165, 1.54) is 19.1 Å². The molecule has 1 aliphatic heterocycles. The van der Waals surface area contributed by atoms with E-state index in [0.29, 0.717) is 61.6 Å². The zero-order chi connectivity index (χ0) is 22.7. The molecule has 1 amide bonds. The number of amides is 1. The summed E-state index contributed by atoms with van der Waals surface area (Å²) in [4.78, 5) is 39.8. The number of esters is 1. The summed E-state index contributed by atoms with van der Waals surface area (Å²) in [5.41, 5.74) is 3.14. The van der Waals surface area contributed by atoms with Gasteiger partial charge in [0.05, 0.1) is 12.5 Å². The Morgan fingerprint density at radius 1 is 1.16 bits per heavy atom. The van der Waals surface area contributed by atoms with Crippen molar-refractivity contribution >= 4 is 17.7 Å². The minimum atomic E-state index is -0.341. The lowest BCUT2D eigenvalue weighted by atomic mass is 9.97. The molecule has 7 heteroatoms. The molecule has 2 aromatic rings. The molecule has 3 rings (SSSR count). The Labute approximate surface area is 182 Å². The average molecular weight is 429 g/mol. The highest BCUT2D eigenvalue weighted by atomic mass is 19.1. The van der Waals surface area contributed by atoms with Gasteiger partial charge in [-0.05, 0) is 63.8 Å². The van der Waals surface area contributed by atoms with Crippen LogP contribution in [0.1, 0.15) is 64.4 Å². The predicted octanol–water partition coefficient (Wildman–Crippen LogP) is 3.91. The number of benzene rings is 1. The molecule has 6 nitrogen and oxygen atoms in total. The van der Waals surface area contributed by atoms with Crippen molar-refractivity contribution < 1.29 is 23.5 Å². The van der Waals surface area contributed by atoms with Gasteiger partial charge in [0.15, 0.2) is 5.78 Å². The second kappa shape index (κ2) is 9.45. The third kappa shape index (κ3) is 4.70. The van der Waals surface area contributed by atoms with Crippen LogP contribution in [0.2, 0.25) is 0 Å². The molecular weight excluding hydrogens is 399 g/mol. The minimum absolute atomic E-state index is 0.107. The zero-order valence-corrected chi connectivity index (χ0v) is 18.5. The van der Waals surface area contributed by atoms with Crippen LogP contribution >= 0.6 is 0 Å². The number of carbonyl (C=O) groups excluding carboxylic acids is 3. The maximum absolute atomic E-state index is 13.6. The lowest BCUT2D eigenvalue weighted by Crippen LogP contribution is -2.43. The molecule has 1 aromatic carbocycles. The van der Waals surface area contributed by atoms with Gasteiger partial charge in [-0.3, -0.25) is 14.4 Å². The van der Waals surface area contributed by atoms with Crippen molar-refractivity contribution in [2.75, 3.05) is 19.7 Å². The first kappa shape index (κ1) is 22.7. The van der Waals surface area contributed by atoms with E-state index in [2.05, 4.69) is 0 Å². The van der Waals surface area contributed by atoms with E-state index in [0.717, 1.165) is 5.56 Å². The quantitative estimate of drug-likeness (QED) is 0.517. The number of ether oxygens (including phenoxy) is 1. The van der Waals surface area contributed by atoms with Crippen molar-refractivity contribution in [3.05, 3.63) is 58.2 Å². The van der Waals surface area contributed by atoms with Gasteiger partial charge in [0.25, 0.3) is 5.91 Å². The molecule has 0 unspecified atom stereocenters. The number of piperidine rings is 1. The van der Waals surface area contributed by atoms with Crippen molar-refractivity contribution in [2.45, 2.75) is 47.1 Å². The fourth-order valence-electron chi connectivity index (χ4n) is 4.42. The van der Waals surface area contributed by atoms with Crippen LogP contribution in [0.25, 0.3) is 0 Å². The van der Waals surface area contributed by atoms with Crippen LogP contribution in [0.5, 0.6) is 0 Å². The summed E-state index contributed by atoms with van der Waals surface area (Å²) in [6.45, 7) is 8.36. The van der Waals surface area contributed by atoms with Crippen LogP contribution < -0.4 is 0 Å². The third-order valence-electron chi connectivity index (χ3n) is 5.90. The van der Waals surface area contributed by atoms with Gasteiger partial charge in [-0.1, -0.05) is 12.1 Å². The predicted molar refractivity (Wildman–Crippen MR) is 115 cm³/mol. The topological polar surface area (TPSA) is 68.6 Å². The van der Waals surface area contributed by atoms with E-state index in [4.69, 9.17) is 4.74 Å². The van der Waals surface area contributed by atoms with E-state index in [-0.39, 0.29) is 29.4 Å². The van der Waals surface area contributed by atoms with Crippen LogP contribution in [0.4, 0.5) is 4.39 Å². The number of Topliss-reactive ketones (excluding diaryl/α,β-unsaturated/α-hetero) is 1. The summed E-state index contributed by atoms with van der Waals surface area (Å²) in [5.74, 6) is -1.26. The average Bonchev–Trinajstić information content (AvgIpc) is 2.99. The van der Waals surface area contributed by atoms with Gasteiger partial charge in [-0.25, -0.2) is 4.39 Å². The Kier molecular flexibility index (Phi) is 6.93. The molecule has 1 fully saturated rings. The number of likely N-dealkylation sites (tertiary alicyclic amines) is 1. The summed E-state index contributed by atoms with van der Waals surface area (Å²) >= 11 is 0. The second-order valence-electron chi connectivity index (χ2n) is 8.05. The number of halogens is 1. The highest BCUT2D eigenvalue weighted by Crippen LogP contribution is 2.27. The standard InChI is InChI=1S/C24H29FN2O4/c1-5-31-24(30)19-7-6-12-26(14-19)23(29)22-15(2)21(17(4)28)16(3)27(22)13-18-8-10-20(25)11-9-18/h8-11,19H,5-7,12-14H2,1-4H3/t19-/m1/s1. The van der Waals surface area contributed by atoms with E-state index in [9.17, 15) is 18.8 Å². The number of hydrogen-bond donors (Lipinski definition) is 0. The molecular formula is C24H29FN2O4. The lowest BCUT2D eigenvalue weighted by molar-refractivity contribution is -0.149. The van der Waals surface area contributed by atoms with Crippen LogP contribution in [0.15, 0.2) is 24.3 Å². The van der Waals surface area contributed by atoms with E-state index >= 15 is 0 Å². The highest BCUT2D eigenvalue weighted by molar-refractivity contribution is 6.03. The minimum Gasteiger partial charge on any atom is -0.466 e. The molecule has 1 saturated heterocycles. The van der Waals surface area contributed by atoms with Crippen LogP contribution in [0, 0.1) is 25.6 Å². The fraction of sp³-hybridized carbons (Fsp3) is 0.458. The molecule has 166 valence electrons. The Bertz CT molecular complexity index is 994. The van der Waals surface area contributed by atoms with E-state index in [1.54, 1.807) is 30.9 Å². The summed E-state index contributed by atoms with van der Waals surface area (Å²) in [5, 5.41) is 0. The number of carbonyl (C=O) groups is 3. The van der Waals surface area contributed by atoms with Crippen molar-refractivity contribution in [2.24, 2.45) is 5.92 Å². The summed E-state index contributed by atoms with van der Waals surface area (Å²) in [7, 11) is 0. The highest BCUT2D eigenvalue weighted by Gasteiger charge is 2.33. The fourth-order valence-corrected chi connectivity index (χ4v) is 4.42. The molecule has 0 spiro atoms. The largest absolute Gasteiger partial charge is 0.466 e. The van der Waals surface area contributed by atoms with Crippen molar-refractivity contribution in [3.8, 4) is 0 Å². The van der Waals surface area contributed by atoms with Crippen LogP contribution in [-0.2, 0) is 16.1 Å². The van der Waals surface area contributed by atoms with Gasteiger partial charge >= 0.3 is 5.97 Å². The molecule has 1 atom stereocenters.